The first kappa shape index (κ1) is 27.4. The Morgan fingerprint density at radius 1 is 1.08 bits per heavy atom. The van der Waals surface area contributed by atoms with Crippen LogP contribution in [0.2, 0.25) is 0 Å². The molecule has 0 bridgehead atoms. The molecule has 6 heteroatoms. The lowest BCUT2D eigenvalue weighted by molar-refractivity contribution is -0.144. The van der Waals surface area contributed by atoms with Crippen LogP contribution in [0.15, 0.2) is 66.9 Å². The fraction of sp³-hybridized carbons (Fsp3) is 0.375. The Hall–Kier alpha value is -3.64. The third kappa shape index (κ3) is 6.62. The SMILES string of the molecule is CCOC(=O)CC1CCN(C(=O)/C=C/c2cccn2-c2ccc(CC)cc2C(O)c2cccc(C)c2)CC1. The Kier molecular flexibility index (Phi) is 9.19. The lowest BCUT2D eigenvalue weighted by Crippen LogP contribution is -2.38. The van der Waals surface area contributed by atoms with Crippen molar-refractivity contribution in [2.45, 2.75) is 52.6 Å². The molecule has 4 rings (SSSR count). The molecular formula is C32H38N2O4. The van der Waals surface area contributed by atoms with Gasteiger partial charge in [0.1, 0.15) is 6.10 Å². The van der Waals surface area contributed by atoms with E-state index in [2.05, 4.69) is 19.1 Å². The Labute approximate surface area is 225 Å². The first-order valence-electron chi connectivity index (χ1n) is 13.6. The van der Waals surface area contributed by atoms with E-state index < -0.39 is 6.10 Å². The lowest BCUT2D eigenvalue weighted by Gasteiger charge is -2.30. The van der Waals surface area contributed by atoms with Crippen LogP contribution in [-0.2, 0) is 20.7 Å². The summed E-state index contributed by atoms with van der Waals surface area (Å²) in [6.07, 6.45) is 7.55. The summed E-state index contributed by atoms with van der Waals surface area (Å²) in [5.74, 6) is 0.0779. The molecule has 0 radical (unpaired) electrons. The molecule has 38 heavy (non-hydrogen) atoms. The van der Waals surface area contributed by atoms with Crippen molar-refractivity contribution in [2.24, 2.45) is 5.92 Å². The second kappa shape index (κ2) is 12.7. The maximum Gasteiger partial charge on any atom is 0.306 e. The van der Waals surface area contributed by atoms with Gasteiger partial charge in [0.25, 0.3) is 0 Å². The van der Waals surface area contributed by atoms with Gasteiger partial charge in [0, 0.05) is 43.0 Å². The van der Waals surface area contributed by atoms with E-state index in [1.54, 1.807) is 6.08 Å². The van der Waals surface area contributed by atoms with Crippen LogP contribution in [-0.4, -0.2) is 46.1 Å². The normalized spacial score (nSPS) is 15.1. The van der Waals surface area contributed by atoms with Crippen molar-refractivity contribution < 1.29 is 19.4 Å². The number of likely N-dealkylation sites (tertiary alicyclic amines) is 1. The number of carbonyl (C=O) groups excluding carboxylic acids is 2. The van der Waals surface area contributed by atoms with Gasteiger partial charge in [-0.2, -0.15) is 0 Å². The van der Waals surface area contributed by atoms with Gasteiger partial charge in [-0.05, 0) is 74.4 Å². The third-order valence-corrected chi connectivity index (χ3v) is 7.28. The summed E-state index contributed by atoms with van der Waals surface area (Å²) in [5, 5.41) is 11.4. The first-order valence-corrected chi connectivity index (χ1v) is 13.6. The molecule has 1 fully saturated rings. The minimum Gasteiger partial charge on any atom is -0.466 e. The maximum atomic E-state index is 12.9. The standard InChI is InChI=1S/C32H38N2O4/c1-4-24-11-13-29(28(21-24)32(37)26-9-6-8-23(3)20-26)34-17-7-10-27(34)12-14-30(35)33-18-15-25(16-19-33)22-31(36)38-5-2/h6-14,17,20-21,25,32,37H,4-5,15-16,18-19,22H2,1-3H3/b14-12+. The number of hydrogen-bond acceptors (Lipinski definition) is 4. The van der Waals surface area contributed by atoms with E-state index in [0.29, 0.717) is 26.1 Å². The van der Waals surface area contributed by atoms with Crippen molar-refractivity contribution in [3.05, 3.63) is 94.8 Å². The molecular weight excluding hydrogens is 476 g/mol. The number of aryl methyl sites for hydroxylation is 2. The Bertz CT molecular complexity index is 1280. The number of ether oxygens (including phenoxy) is 1. The number of piperidine rings is 1. The maximum absolute atomic E-state index is 12.9. The summed E-state index contributed by atoms with van der Waals surface area (Å²) in [6, 6.07) is 18.1. The van der Waals surface area contributed by atoms with Gasteiger partial charge in [0.05, 0.1) is 12.3 Å². The van der Waals surface area contributed by atoms with E-state index >= 15 is 0 Å². The average Bonchev–Trinajstić information content (AvgIpc) is 3.40. The summed E-state index contributed by atoms with van der Waals surface area (Å²) in [6.45, 7) is 7.62. The highest BCUT2D eigenvalue weighted by Crippen LogP contribution is 2.30. The van der Waals surface area contributed by atoms with Crippen LogP contribution in [0.4, 0.5) is 0 Å². The van der Waals surface area contributed by atoms with Gasteiger partial charge < -0.3 is 19.3 Å². The number of carbonyl (C=O) groups is 2. The van der Waals surface area contributed by atoms with E-state index in [4.69, 9.17) is 4.74 Å². The van der Waals surface area contributed by atoms with Gasteiger partial charge >= 0.3 is 5.97 Å². The summed E-state index contributed by atoms with van der Waals surface area (Å²) < 4.78 is 7.08. The van der Waals surface area contributed by atoms with Crippen LogP contribution in [0.25, 0.3) is 11.8 Å². The minimum atomic E-state index is -0.770. The first-order chi connectivity index (χ1) is 18.4. The Balaban J connectivity index is 1.51. The number of hydrogen-bond donors (Lipinski definition) is 1. The van der Waals surface area contributed by atoms with Gasteiger partial charge in [-0.15, -0.1) is 0 Å². The predicted octanol–water partition coefficient (Wildman–Crippen LogP) is 5.63. The van der Waals surface area contributed by atoms with Crippen LogP contribution in [0.1, 0.15) is 67.2 Å². The fourth-order valence-electron chi connectivity index (χ4n) is 5.11. The molecule has 1 aliphatic heterocycles. The molecule has 1 saturated heterocycles. The molecule has 6 nitrogen and oxygen atoms in total. The summed E-state index contributed by atoms with van der Waals surface area (Å²) in [5.41, 5.74) is 5.68. The van der Waals surface area contributed by atoms with Crippen LogP contribution < -0.4 is 0 Å². The predicted molar refractivity (Wildman–Crippen MR) is 150 cm³/mol. The summed E-state index contributed by atoms with van der Waals surface area (Å²) >= 11 is 0. The largest absolute Gasteiger partial charge is 0.466 e. The zero-order chi connectivity index (χ0) is 27.1. The molecule has 200 valence electrons. The minimum absolute atomic E-state index is 0.0336. The van der Waals surface area contributed by atoms with E-state index in [1.807, 2.05) is 78.1 Å². The molecule has 0 saturated carbocycles. The highest BCUT2D eigenvalue weighted by atomic mass is 16.5. The molecule has 3 aromatic rings. The van der Waals surface area contributed by atoms with E-state index in [-0.39, 0.29) is 17.8 Å². The Morgan fingerprint density at radius 3 is 2.58 bits per heavy atom. The number of rotatable bonds is 9. The smallest absolute Gasteiger partial charge is 0.306 e. The zero-order valence-corrected chi connectivity index (χ0v) is 22.6. The number of aromatic nitrogens is 1. The molecule has 1 amide bonds. The number of amides is 1. The van der Waals surface area contributed by atoms with E-state index in [1.165, 1.54) is 0 Å². The third-order valence-electron chi connectivity index (χ3n) is 7.28. The van der Waals surface area contributed by atoms with Crippen molar-refractivity contribution in [3.63, 3.8) is 0 Å². The second-order valence-electron chi connectivity index (χ2n) is 9.98. The van der Waals surface area contributed by atoms with Gasteiger partial charge in [0.2, 0.25) is 5.91 Å². The number of esters is 1. The molecule has 0 aliphatic carbocycles. The number of benzene rings is 2. The van der Waals surface area contributed by atoms with Gasteiger partial charge in [-0.25, -0.2) is 0 Å². The van der Waals surface area contributed by atoms with Gasteiger partial charge in [-0.3, -0.25) is 9.59 Å². The highest BCUT2D eigenvalue weighted by molar-refractivity contribution is 5.91. The van der Waals surface area contributed by atoms with E-state index in [9.17, 15) is 14.7 Å². The number of aliphatic hydroxyl groups excluding tert-OH is 1. The van der Waals surface area contributed by atoms with Crippen LogP contribution in [0.3, 0.4) is 0 Å². The van der Waals surface area contributed by atoms with Crippen LogP contribution in [0, 0.1) is 12.8 Å². The monoisotopic (exact) mass is 514 g/mol. The van der Waals surface area contributed by atoms with Crippen LogP contribution in [0.5, 0.6) is 0 Å². The molecule has 2 aromatic carbocycles. The van der Waals surface area contributed by atoms with Crippen molar-refractivity contribution in [1.82, 2.24) is 9.47 Å². The number of nitrogens with zero attached hydrogens (tertiary/aromatic N) is 2. The number of aliphatic hydroxyl groups is 1. The summed E-state index contributed by atoms with van der Waals surface area (Å²) in [7, 11) is 0. The quantitative estimate of drug-likeness (QED) is 0.297. The van der Waals surface area contributed by atoms with E-state index in [0.717, 1.165) is 52.9 Å². The topological polar surface area (TPSA) is 71.8 Å². The molecule has 1 unspecified atom stereocenters. The molecule has 1 N–H and O–H groups in total. The molecule has 1 atom stereocenters. The second-order valence-corrected chi connectivity index (χ2v) is 9.98. The highest BCUT2D eigenvalue weighted by Gasteiger charge is 2.24. The molecule has 2 heterocycles. The van der Waals surface area contributed by atoms with Gasteiger partial charge in [-0.1, -0.05) is 48.9 Å². The molecule has 1 aliphatic rings. The van der Waals surface area contributed by atoms with Crippen molar-refractivity contribution in [2.75, 3.05) is 19.7 Å². The van der Waals surface area contributed by atoms with Crippen molar-refractivity contribution >= 4 is 18.0 Å². The lowest BCUT2D eigenvalue weighted by atomic mass is 9.93. The average molecular weight is 515 g/mol. The van der Waals surface area contributed by atoms with Crippen LogP contribution >= 0.6 is 0 Å². The zero-order valence-electron chi connectivity index (χ0n) is 22.6. The molecule has 1 aromatic heterocycles. The summed E-state index contributed by atoms with van der Waals surface area (Å²) in [4.78, 5) is 26.6. The Morgan fingerprint density at radius 2 is 1.87 bits per heavy atom. The van der Waals surface area contributed by atoms with Crippen molar-refractivity contribution in [3.8, 4) is 5.69 Å². The van der Waals surface area contributed by atoms with Crippen molar-refractivity contribution in [1.29, 1.82) is 0 Å². The fourth-order valence-corrected chi connectivity index (χ4v) is 5.11. The molecule has 0 spiro atoms. The van der Waals surface area contributed by atoms with Gasteiger partial charge in [0.15, 0.2) is 0 Å².